The third-order valence-electron chi connectivity index (χ3n) is 4.05. The van der Waals surface area contributed by atoms with E-state index >= 15 is 0 Å². The van der Waals surface area contributed by atoms with Gasteiger partial charge in [0.25, 0.3) is 0 Å². The van der Waals surface area contributed by atoms with Gasteiger partial charge in [0, 0.05) is 11.1 Å². The van der Waals surface area contributed by atoms with Crippen LogP contribution in [0, 0.1) is 0 Å². The largest absolute Gasteiger partial charge is 0.478 e. The Hall–Kier alpha value is -3.21. The van der Waals surface area contributed by atoms with Gasteiger partial charge in [-0.25, -0.2) is 4.79 Å². The maximum atomic E-state index is 12.4. The molecule has 1 aliphatic rings. The van der Waals surface area contributed by atoms with Crippen LogP contribution in [0.2, 0.25) is 0 Å². The molecule has 0 spiro atoms. The summed E-state index contributed by atoms with van der Waals surface area (Å²) in [4.78, 5) is 28.0. The van der Waals surface area contributed by atoms with Crippen LogP contribution in [-0.4, -0.2) is 22.0 Å². The number of carbonyl (C=O) groups excluding carboxylic acids is 1. The number of para-hydroxylation sites is 1. The van der Waals surface area contributed by atoms with Crippen molar-refractivity contribution >= 4 is 28.5 Å². The zero-order valence-corrected chi connectivity index (χ0v) is 12.0. The standard InChI is InChI=1S/C18H12N2O3/c21-17-16(12-7-5-11(18(22)23)9-15(12)20-17)14-8-6-10-3-1-2-4-13(10)19-14/h1-9,16H,(H,20,21)(H,22,23). The number of anilines is 1. The number of aromatic nitrogens is 1. The molecule has 3 aromatic rings. The molecule has 4 rings (SSSR count). The van der Waals surface area contributed by atoms with E-state index in [2.05, 4.69) is 10.3 Å². The van der Waals surface area contributed by atoms with Crippen LogP contribution in [0.5, 0.6) is 0 Å². The first-order valence-corrected chi connectivity index (χ1v) is 7.17. The summed E-state index contributed by atoms with van der Waals surface area (Å²) in [5.74, 6) is -1.72. The summed E-state index contributed by atoms with van der Waals surface area (Å²) in [5.41, 5.74) is 2.92. The number of aromatic carboxylic acids is 1. The zero-order valence-electron chi connectivity index (χ0n) is 12.0. The summed E-state index contributed by atoms with van der Waals surface area (Å²) < 4.78 is 0. The molecule has 0 radical (unpaired) electrons. The van der Waals surface area contributed by atoms with Gasteiger partial charge in [-0.15, -0.1) is 0 Å². The summed E-state index contributed by atoms with van der Waals surface area (Å²) in [5, 5.41) is 12.8. The Morgan fingerprint density at radius 3 is 2.74 bits per heavy atom. The average Bonchev–Trinajstić information content (AvgIpc) is 2.89. The second kappa shape index (κ2) is 4.91. The first-order chi connectivity index (χ1) is 11.1. The molecular weight excluding hydrogens is 292 g/mol. The van der Waals surface area contributed by atoms with Crippen molar-refractivity contribution in [3.8, 4) is 0 Å². The Morgan fingerprint density at radius 1 is 1.09 bits per heavy atom. The molecule has 0 saturated heterocycles. The van der Waals surface area contributed by atoms with Gasteiger partial charge >= 0.3 is 5.97 Å². The highest BCUT2D eigenvalue weighted by Crippen LogP contribution is 2.37. The molecule has 2 aromatic carbocycles. The van der Waals surface area contributed by atoms with Crippen LogP contribution in [0.15, 0.2) is 54.6 Å². The fourth-order valence-corrected chi connectivity index (χ4v) is 2.93. The van der Waals surface area contributed by atoms with Gasteiger partial charge in [0.1, 0.15) is 5.92 Å². The average molecular weight is 304 g/mol. The van der Waals surface area contributed by atoms with Crippen molar-refractivity contribution in [2.45, 2.75) is 5.92 Å². The van der Waals surface area contributed by atoms with Crippen LogP contribution in [0.3, 0.4) is 0 Å². The van der Waals surface area contributed by atoms with Crippen LogP contribution in [0.1, 0.15) is 27.5 Å². The Bertz CT molecular complexity index is 965. The number of carboxylic acids is 1. The Balaban J connectivity index is 1.83. The summed E-state index contributed by atoms with van der Waals surface area (Å²) in [6.07, 6.45) is 0. The van der Waals surface area contributed by atoms with E-state index in [1.807, 2.05) is 36.4 Å². The van der Waals surface area contributed by atoms with E-state index in [-0.39, 0.29) is 11.5 Å². The highest BCUT2D eigenvalue weighted by atomic mass is 16.4. The lowest BCUT2D eigenvalue weighted by Crippen LogP contribution is -2.14. The summed E-state index contributed by atoms with van der Waals surface area (Å²) in [7, 11) is 0. The highest BCUT2D eigenvalue weighted by Gasteiger charge is 2.33. The number of amides is 1. The lowest BCUT2D eigenvalue weighted by atomic mass is 9.95. The number of fused-ring (bicyclic) bond motifs is 2. The highest BCUT2D eigenvalue weighted by molar-refractivity contribution is 6.06. The van der Waals surface area contributed by atoms with E-state index in [4.69, 9.17) is 5.11 Å². The number of nitrogens with zero attached hydrogens (tertiary/aromatic N) is 1. The van der Waals surface area contributed by atoms with Gasteiger partial charge in [-0.3, -0.25) is 9.78 Å². The van der Waals surface area contributed by atoms with Gasteiger partial charge in [-0.2, -0.15) is 0 Å². The molecule has 112 valence electrons. The maximum absolute atomic E-state index is 12.4. The summed E-state index contributed by atoms with van der Waals surface area (Å²) >= 11 is 0. The third kappa shape index (κ3) is 2.14. The zero-order chi connectivity index (χ0) is 16.0. The fourth-order valence-electron chi connectivity index (χ4n) is 2.93. The molecule has 0 aliphatic carbocycles. The Morgan fingerprint density at radius 2 is 1.91 bits per heavy atom. The van der Waals surface area contributed by atoms with Crippen LogP contribution < -0.4 is 5.32 Å². The molecule has 0 fully saturated rings. The molecule has 2 heterocycles. The van der Waals surface area contributed by atoms with Crippen LogP contribution in [-0.2, 0) is 4.79 Å². The monoisotopic (exact) mass is 304 g/mol. The fraction of sp³-hybridized carbons (Fsp3) is 0.0556. The number of hydrogen-bond acceptors (Lipinski definition) is 3. The lowest BCUT2D eigenvalue weighted by molar-refractivity contribution is -0.116. The molecule has 1 amide bonds. The van der Waals surface area contributed by atoms with Crippen molar-refractivity contribution in [2.24, 2.45) is 0 Å². The predicted octanol–water partition coefficient (Wildman–Crippen LogP) is 3.02. The molecule has 1 aromatic heterocycles. The second-order valence-electron chi connectivity index (χ2n) is 5.46. The lowest BCUT2D eigenvalue weighted by Gasteiger charge is -2.09. The minimum absolute atomic E-state index is 0.149. The minimum atomic E-state index is -1.02. The summed E-state index contributed by atoms with van der Waals surface area (Å²) in [6.45, 7) is 0. The Kier molecular flexibility index (Phi) is 2.87. The molecule has 0 bridgehead atoms. The van der Waals surface area contributed by atoms with Gasteiger partial charge in [0.15, 0.2) is 0 Å². The number of rotatable bonds is 2. The number of hydrogen-bond donors (Lipinski definition) is 2. The molecule has 1 aliphatic heterocycles. The SMILES string of the molecule is O=C(O)c1ccc2c(c1)NC(=O)C2c1ccc2ccccc2n1. The van der Waals surface area contributed by atoms with Gasteiger partial charge in [0.05, 0.1) is 16.8 Å². The third-order valence-corrected chi connectivity index (χ3v) is 4.05. The summed E-state index contributed by atoms with van der Waals surface area (Å²) in [6, 6.07) is 16.2. The molecule has 0 saturated carbocycles. The van der Waals surface area contributed by atoms with E-state index in [9.17, 15) is 9.59 Å². The van der Waals surface area contributed by atoms with Gasteiger partial charge in [-0.05, 0) is 29.8 Å². The first kappa shape index (κ1) is 13.5. The maximum Gasteiger partial charge on any atom is 0.335 e. The van der Waals surface area contributed by atoms with Crippen LogP contribution in [0.25, 0.3) is 10.9 Å². The van der Waals surface area contributed by atoms with E-state index in [1.54, 1.807) is 6.07 Å². The number of pyridine rings is 1. The first-order valence-electron chi connectivity index (χ1n) is 7.17. The van der Waals surface area contributed by atoms with Crippen molar-refractivity contribution in [3.05, 3.63) is 71.4 Å². The minimum Gasteiger partial charge on any atom is -0.478 e. The smallest absolute Gasteiger partial charge is 0.335 e. The van der Waals surface area contributed by atoms with Crippen molar-refractivity contribution in [1.29, 1.82) is 0 Å². The van der Waals surface area contributed by atoms with E-state index < -0.39 is 11.9 Å². The quantitative estimate of drug-likeness (QED) is 0.762. The molecule has 23 heavy (non-hydrogen) atoms. The molecule has 1 atom stereocenters. The van der Waals surface area contributed by atoms with Crippen molar-refractivity contribution in [1.82, 2.24) is 4.98 Å². The van der Waals surface area contributed by atoms with Crippen LogP contribution in [0.4, 0.5) is 5.69 Å². The number of benzene rings is 2. The van der Waals surface area contributed by atoms with E-state index in [1.165, 1.54) is 12.1 Å². The normalized spacial score (nSPS) is 16.2. The van der Waals surface area contributed by atoms with E-state index in [0.717, 1.165) is 16.5 Å². The molecular formula is C18H12N2O3. The van der Waals surface area contributed by atoms with Gasteiger partial charge < -0.3 is 10.4 Å². The predicted molar refractivity (Wildman–Crippen MR) is 85.6 cm³/mol. The molecule has 5 heteroatoms. The molecule has 5 nitrogen and oxygen atoms in total. The van der Waals surface area contributed by atoms with Crippen molar-refractivity contribution < 1.29 is 14.7 Å². The van der Waals surface area contributed by atoms with E-state index in [0.29, 0.717) is 11.4 Å². The van der Waals surface area contributed by atoms with Gasteiger partial charge in [0.2, 0.25) is 5.91 Å². The van der Waals surface area contributed by atoms with Crippen LogP contribution >= 0.6 is 0 Å². The molecule has 2 N–H and O–H groups in total. The number of carboxylic acid groups (broad SMARTS) is 1. The Labute approximate surface area is 131 Å². The van der Waals surface area contributed by atoms with Gasteiger partial charge in [-0.1, -0.05) is 30.3 Å². The topological polar surface area (TPSA) is 79.3 Å². The molecule has 1 unspecified atom stereocenters. The van der Waals surface area contributed by atoms with Crippen molar-refractivity contribution in [2.75, 3.05) is 5.32 Å². The second-order valence-corrected chi connectivity index (χ2v) is 5.46. The number of carbonyl (C=O) groups is 2. The van der Waals surface area contributed by atoms with Crippen molar-refractivity contribution in [3.63, 3.8) is 0 Å². The number of nitrogens with one attached hydrogen (secondary N) is 1.